The van der Waals surface area contributed by atoms with Crippen LogP contribution in [0.2, 0.25) is 0 Å². The van der Waals surface area contributed by atoms with Gasteiger partial charge in [0, 0.05) is 35.9 Å². The van der Waals surface area contributed by atoms with Crippen molar-refractivity contribution in [3.05, 3.63) is 128 Å². The summed E-state index contributed by atoms with van der Waals surface area (Å²) in [6.07, 6.45) is 8.41. The van der Waals surface area contributed by atoms with Crippen LogP contribution < -0.4 is 0 Å². The lowest BCUT2D eigenvalue weighted by Crippen LogP contribution is -2.67. The molecule has 3 saturated heterocycles. The highest BCUT2D eigenvalue weighted by molar-refractivity contribution is 8.93. The standard InChI is InChI=1S/C37H37N2O.BrH/c1-3-21-40-37(33-17-19-38-35-16-10-9-15-32(33)35)36-23-27-18-20-39(36,24-26(27)4-2)25-34-30-13-7-5-11-28(30)22-29-12-6-8-14-31(29)34;/h3-17,19,22,26-27,36-37H,1-2,18,20-21,23-25H2;1H/q+1;/t26-,27-,36-,37+,39?;/m0./s1. The largest absolute Gasteiger partial charge is 0.363 e. The fraction of sp³-hybridized carbons (Fsp3) is 0.270. The first-order chi connectivity index (χ1) is 19.7. The van der Waals surface area contributed by atoms with Gasteiger partial charge in [-0.25, -0.2) is 0 Å². The van der Waals surface area contributed by atoms with E-state index in [4.69, 9.17) is 4.74 Å². The molecule has 41 heavy (non-hydrogen) atoms. The normalized spacial score (nSPS) is 24.2. The van der Waals surface area contributed by atoms with Crippen LogP contribution in [0.25, 0.3) is 32.4 Å². The zero-order chi connectivity index (χ0) is 27.1. The number of hydrogen-bond donors (Lipinski definition) is 0. The average Bonchev–Trinajstić information content (AvgIpc) is 3.01. The zero-order valence-corrected chi connectivity index (χ0v) is 25.2. The highest BCUT2D eigenvalue weighted by Crippen LogP contribution is 2.50. The summed E-state index contributed by atoms with van der Waals surface area (Å²) in [6.45, 7) is 12.1. The summed E-state index contributed by atoms with van der Waals surface area (Å²) in [5.74, 6) is 1.18. The number of benzene rings is 4. The topological polar surface area (TPSA) is 22.1 Å². The van der Waals surface area contributed by atoms with E-state index in [-0.39, 0.29) is 23.1 Å². The van der Waals surface area contributed by atoms with E-state index < -0.39 is 0 Å². The number of para-hydroxylation sites is 1. The fourth-order valence-corrected chi connectivity index (χ4v) is 7.90. The molecular weight excluding hydrogens is 568 g/mol. The quantitative estimate of drug-likeness (QED) is 0.1000. The molecule has 1 unspecified atom stereocenters. The van der Waals surface area contributed by atoms with Crippen LogP contribution in [0.1, 0.15) is 30.1 Å². The predicted octanol–water partition coefficient (Wildman–Crippen LogP) is 8.97. The number of hydrogen-bond acceptors (Lipinski definition) is 2. The van der Waals surface area contributed by atoms with Gasteiger partial charge in [0.1, 0.15) is 18.7 Å². The van der Waals surface area contributed by atoms with Gasteiger partial charge in [-0.1, -0.05) is 78.9 Å². The van der Waals surface area contributed by atoms with Crippen LogP contribution in [0.4, 0.5) is 0 Å². The van der Waals surface area contributed by atoms with Gasteiger partial charge < -0.3 is 9.22 Å². The van der Waals surface area contributed by atoms with Gasteiger partial charge in [0.2, 0.25) is 0 Å². The van der Waals surface area contributed by atoms with Crippen LogP contribution in [-0.2, 0) is 11.3 Å². The first kappa shape index (κ1) is 27.8. The molecule has 2 bridgehead atoms. The molecule has 208 valence electrons. The molecule has 3 aliphatic heterocycles. The van der Waals surface area contributed by atoms with Gasteiger partial charge in [0.05, 0.1) is 25.2 Å². The molecule has 0 N–H and O–H groups in total. The minimum Gasteiger partial charge on any atom is -0.363 e. The van der Waals surface area contributed by atoms with Crippen molar-refractivity contribution in [2.75, 3.05) is 19.7 Å². The van der Waals surface area contributed by atoms with Crippen molar-refractivity contribution in [2.24, 2.45) is 11.8 Å². The van der Waals surface area contributed by atoms with E-state index >= 15 is 0 Å². The molecule has 0 saturated carbocycles. The molecule has 4 heterocycles. The lowest BCUT2D eigenvalue weighted by molar-refractivity contribution is -0.984. The van der Waals surface area contributed by atoms with Gasteiger partial charge in [-0.2, -0.15) is 0 Å². The molecule has 3 fully saturated rings. The molecule has 0 radical (unpaired) electrons. The average molecular weight is 607 g/mol. The Balaban J connectivity index is 0.00000302. The third-order valence-corrected chi connectivity index (χ3v) is 9.76. The van der Waals surface area contributed by atoms with Crippen molar-refractivity contribution in [2.45, 2.75) is 31.5 Å². The summed E-state index contributed by atoms with van der Waals surface area (Å²) in [7, 11) is 0. The lowest BCUT2D eigenvalue weighted by atomic mass is 9.70. The van der Waals surface area contributed by atoms with Gasteiger partial charge in [-0.3, -0.25) is 4.98 Å². The van der Waals surface area contributed by atoms with Crippen molar-refractivity contribution in [3.63, 3.8) is 0 Å². The molecule has 5 aromatic rings. The molecule has 4 heteroatoms. The number of piperidine rings is 3. The van der Waals surface area contributed by atoms with E-state index in [9.17, 15) is 0 Å². The molecule has 1 aromatic heterocycles. The van der Waals surface area contributed by atoms with Gasteiger partial charge >= 0.3 is 0 Å². The van der Waals surface area contributed by atoms with Crippen LogP contribution in [0.3, 0.4) is 0 Å². The number of pyridine rings is 1. The summed E-state index contributed by atoms with van der Waals surface area (Å²) in [4.78, 5) is 4.68. The van der Waals surface area contributed by atoms with Crippen LogP contribution >= 0.6 is 17.0 Å². The minimum absolute atomic E-state index is 0. The van der Waals surface area contributed by atoms with Gasteiger partial charge in [0.15, 0.2) is 0 Å². The van der Waals surface area contributed by atoms with Gasteiger partial charge in [0.25, 0.3) is 0 Å². The summed E-state index contributed by atoms with van der Waals surface area (Å²) < 4.78 is 7.81. The van der Waals surface area contributed by atoms with E-state index in [0.717, 1.165) is 36.1 Å². The molecule has 8 rings (SSSR count). The zero-order valence-electron chi connectivity index (χ0n) is 23.5. The smallest absolute Gasteiger partial charge is 0.135 e. The Labute approximate surface area is 253 Å². The number of ether oxygens (including phenoxy) is 1. The third-order valence-electron chi connectivity index (χ3n) is 9.76. The second-order valence-corrected chi connectivity index (χ2v) is 11.8. The molecule has 4 aromatic carbocycles. The highest BCUT2D eigenvalue weighted by Gasteiger charge is 2.54. The maximum Gasteiger partial charge on any atom is 0.135 e. The predicted molar refractivity (Wildman–Crippen MR) is 176 cm³/mol. The summed E-state index contributed by atoms with van der Waals surface area (Å²) >= 11 is 0. The molecule has 3 nitrogen and oxygen atoms in total. The van der Waals surface area contributed by atoms with Crippen molar-refractivity contribution in [1.82, 2.24) is 4.98 Å². The molecule has 0 aliphatic carbocycles. The minimum atomic E-state index is -0.0410. The Hall–Kier alpha value is -3.31. The van der Waals surface area contributed by atoms with Crippen molar-refractivity contribution < 1.29 is 9.22 Å². The number of fused-ring (bicyclic) bond motifs is 6. The van der Waals surface area contributed by atoms with E-state index in [1.807, 2.05) is 12.3 Å². The number of rotatable bonds is 8. The van der Waals surface area contributed by atoms with E-state index in [0.29, 0.717) is 24.5 Å². The maximum atomic E-state index is 6.80. The second-order valence-electron chi connectivity index (χ2n) is 11.8. The first-order valence-electron chi connectivity index (χ1n) is 14.6. The van der Waals surface area contributed by atoms with Crippen molar-refractivity contribution in [1.29, 1.82) is 0 Å². The Morgan fingerprint density at radius 3 is 2.29 bits per heavy atom. The second kappa shape index (κ2) is 11.5. The SMILES string of the molecule is Br.C=CCO[C@H](c1ccnc2ccccc12)[C@@H]1C[C@@H]2CC[N+]1(Cc1c3ccccc3cc3ccccc13)C[C@@H]2C=C. The lowest BCUT2D eigenvalue weighted by Gasteiger charge is -2.58. The maximum absolute atomic E-state index is 6.80. The Kier molecular flexibility index (Phi) is 7.82. The van der Waals surface area contributed by atoms with E-state index in [1.54, 1.807) is 0 Å². The number of halogens is 1. The van der Waals surface area contributed by atoms with Crippen molar-refractivity contribution in [3.8, 4) is 0 Å². The fourth-order valence-electron chi connectivity index (χ4n) is 7.90. The van der Waals surface area contributed by atoms with Crippen LogP contribution in [-0.4, -0.2) is 35.2 Å². The molecule has 0 spiro atoms. The van der Waals surface area contributed by atoms with Gasteiger partial charge in [-0.05, 0) is 51.2 Å². The number of quaternary nitrogens is 1. The monoisotopic (exact) mass is 605 g/mol. The number of nitrogens with zero attached hydrogens (tertiary/aromatic N) is 2. The van der Waals surface area contributed by atoms with Gasteiger partial charge in [-0.15, -0.1) is 30.1 Å². The molecular formula is C37H38BrN2O+. The summed E-state index contributed by atoms with van der Waals surface area (Å²) in [5.41, 5.74) is 3.74. The molecule has 0 amide bonds. The number of aromatic nitrogens is 1. The summed E-state index contributed by atoms with van der Waals surface area (Å²) in [5, 5.41) is 6.56. The first-order valence-corrected chi connectivity index (χ1v) is 14.6. The molecule has 3 aliphatic rings. The van der Waals surface area contributed by atoms with Crippen LogP contribution in [0, 0.1) is 11.8 Å². The Bertz CT molecular complexity index is 1670. The van der Waals surface area contributed by atoms with Crippen molar-refractivity contribution >= 4 is 49.4 Å². The van der Waals surface area contributed by atoms with E-state index in [1.165, 1.54) is 44.5 Å². The summed E-state index contributed by atoms with van der Waals surface area (Å²) in [6, 6.07) is 31.2. The van der Waals surface area contributed by atoms with E-state index in [2.05, 4.69) is 109 Å². The van der Waals surface area contributed by atoms with Crippen LogP contribution in [0.15, 0.2) is 116 Å². The van der Waals surface area contributed by atoms with Crippen LogP contribution in [0.5, 0.6) is 0 Å². The Morgan fingerprint density at radius 2 is 1.59 bits per heavy atom. The highest BCUT2D eigenvalue weighted by atomic mass is 79.9. The molecule has 5 atom stereocenters. The Morgan fingerprint density at radius 1 is 0.902 bits per heavy atom. The third kappa shape index (κ3) is 4.82.